The normalized spacial score (nSPS) is 11.6. The number of nitrogens with two attached hydrogens (primary N) is 1. The van der Waals surface area contributed by atoms with E-state index in [9.17, 15) is 13.2 Å². The highest BCUT2D eigenvalue weighted by Gasteiger charge is 2.11. The van der Waals surface area contributed by atoms with E-state index in [1.54, 1.807) is 0 Å². The highest BCUT2D eigenvalue weighted by molar-refractivity contribution is 7.89. The standard InChI is InChI=1S/C13H20N2O4S/c1-3-15(2)9-4-10-19-13(16)11-5-7-12(8-6-11)20(14,17)18/h5-8H,3-4,9-10H2,1-2H3,(H2,14,17,18). The summed E-state index contributed by atoms with van der Waals surface area (Å²) in [7, 11) is -1.74. The molecule has 1 rings (SSSR count). The predicted molar refractivity (Wildman–Crippen MR) is 75.9 cm³/mol. The summed E-state index contributed by atoms with van der Waals surface area (Å²) in [6.45, 7) is 4.19. The number of carbonyl (C=O) groups is 1. The third-order valence-electron chi connectivity index (χ3n) is 2.88. The van der Waals surface area contributed by atoms with Crippen molar-refractivity contribution in [2.75, 3.05) is 26.7 Å². The van der Waals surface area contributed by atoms with Crippen LogP contribution in [0.2, 0.25) is 0 Å². The number of carbonyl (C=O) groups excluding carboxylic acids is 1. The number of primary sulfonamides is 1. The maximum atomic E-state index is 11.7. The van der Waals surface area contributed by atoms with Gasteiger partial charge in [0.15, 0.2) is 0 Å². The van der Waals surface area contributed by atoms with E-state index in [0.717, 1.165) is 19.5 Å². The first-order valence-corrected chi connectivity index (χ1v) is 7.87. The van der Waals surface area contributed by atoms with Gasteiger partial charge in [-0.3, -0.25) is 0 Å². The highest BCUT2D eigenvalue weighted by atomic mass is 32.2. The lowest BCUT2D eigenvalue weighted by Crippen LogP contribution is -2.20. The molecule has 0 amide bonds. The molecule has 1 aromatic carbocycles. The van der Waals surface area contributed by atoms with Gasteiger partial charge in [-0.2, -0.15) is 0 Å². The van der Waals surface area contributed by atoms with Crippen LogP contribution in [0.5, 0.6) is 0 Å². The van der Waals surface area contributed by atoms with Crippen LogP contribution >= 0.6 is 0 Å². The van der Waals surface area contributed by atoms with Crippen molar-refractivity contribution in [3.63, 3.8) is 0 Å². The molecule has 7 heteroatoms. The molecule has 112 valence electrons. The fourth-order valence-electron chi connectivity index (χ4n) is 1.52. The first-order valence-electron chi connectivity index (χ1n) is 6.33. The Bertz CT molecular complexity index is 540. The Balaban J connectivity index is 2.48. The number of hydrogen-bond acceptors (Lipinski definition) is 5. The molecule has 0 radical (unpaired) electrons. The van der Waals surface area contributed by atoms with Gasteiger partial charge in [-0.25, -0.2) is 18.4 Å². The number of esters is 1. The van der Waals surface area contributed by atoms with Crippen LogP contribution in [0.25, 0.3) is 0 Å². The van der Waals surface area contributed by atoms with E-state index in [1.165, 1.54) is 24.3 Å². The van der Waals surface area contributed by atoms with E-state index in [2.05, 4.69) is 11.8 Å². The molecule has 6 nitrogen and oxygen atoms in total. The number of hydrogen-bond donors (Lipinski definition) is 1. The van der Waals surface area contributed by atoms with E-state index in [-0.39, 0.29) is 4.90 Å². The summed E-state index contributed by atoms with van der Waals surface area (Å²) in [6, 6.07) is 5.36. The zero-order valence-corrected chi connectivity index (χ0v) is 12.5. The van der Waals surface area contributed by atoms with Gasteiger partial charge in [-0.05, 0) is 44.3 Å². The Kier molecular flexibility index (Phi) is 6.12. The summed E-state index contributed by atoms with van der Waals surface area (Å²) < 4.78 is 27.3. The molecule has 0 unspecified atom stereocenters. The molecule has 0 aliphatic rings. The van der Waals surface area contributed by atoms with Crippen molar-refractivity contribution in [2.45, 2.75) is 18.2 Å². The van der Waals surface area contributed by atoms with E-state index in [0.29, 0.717) is 12.2 Å². The molecular formula is C13H20N2O4S. The third kappa shape index (κ3) is 5.28. The van der Waals surface area contributed by atoms with Gasteiger partial charge in [-0.1, -0.05) is 6.92 Å². The summed E-state index contributed by atoms with van der Waals surface area (Å²) >= 11 is 0. The van der Waals surface area contributed by atoms with Crippen LogP contribution in [0.3, 0.4) is 0 Å². The second-order valence-electron chi connectivity index (χ2n) is 4.45. The average molecular weight is 300 g/mol. The molecule has 0 atom stereocenters. The second-order valence-corrected chi connectivity index (χ2v) is 6.02. The molecule has 0 saturated heterocycles. The largest absolute Gasteiger partial charge is 0.462 e. The van der Waals surface area contributed by atoms with Crippen LogP contribution < -0.4 is 5.14 Å². The van der Waals surface area contributed by atoms with E-state index in [4.69, 9.17) is 9.88 Å². The number of ether oxygens (including phenoxy) is 1. The zero-order chi connectivity index (χ0) is 15.2. The van der Waals surface area contributed by atoms with Crippen molar-refractivity contribution in [3.05, 3.63) is 29.8 Å². The van der Waals surface area contributed by atoms with Crippen molar-refractivity contribution < 1.29 is 17.9 Å². The minimum atomic E-state index is -3.74. The van der Waals surface area contributed by atoms with Crippen LogP contribution in [-0.2, 0) is 14.8 Å². The third-order valence-corrected chi connectivity index (χ3v) is 3.80. The molecule has 0 saturated carbocycles. The lowest BCUT2D eigenvalue weighted by atomic mass is 10.2. The van der Waals surface area contributed by atoms with Crippen molar-refractivity contribution in [2.24, 2.45) is 5.14 Å². The number of nitrogens with zero attached hydrogens (tertiary/aromatic N) is 1. The number of sulfonamides is 1. The second kappa shape index (κ2) is 7.37. The highest BCUT2D eigenvalue weighted by Crippen LogP contribution is 2.09. The SMILES string of the molecule is CCN(C)CCCOC(=O)c1ccc(S(N)(=O)=O)cc1. The minimum absolute atomic E-state index is 0.0291. The molecule has 1 aromatic rings. The van der Waals surface area contributed by atoms with Crippen molar-refractivity contribution >= 4 is 16.0 Å². The van der Waals surface area contributed by atoms with Gasteiger partial charge in [0.05, 0.1) is 17.1 Å². The Morgan fingerprint density at radius 2 is 1.90 bits per heavy atom. The van der Waals surface area contributed by atoms with Gasteiger partial charge in [0.2, 0.25) is 10.0 Å². The van der Waals surface area contributed by atoms with Crippen LogP contribution in [0.4, 0.5) is 0 Å². The molecule has 2 N–H and O–H groups in total. The van der Waals surface area contributed by atoms with Gasteiger partial charge in [0.1, 0.15) is 0 Å². The summed E-state index contributed by atoms with van der Waals surface area (Å²) in [5, 5.41) is 4.97. The van der Waals surface area contributed by atoms with Gasteiger partial charge in [-0.15, -0.1) is 0 Å². The number of rotatable bonds is 7. The molecule has 0 aliphatic heterocycles. The lowest BCUT2D eigenvalue weighted by Gasteiger charge is -2.13. The maximum Gasteiger partial charge on any atom is 0.338 e. The fraction of sp³-hybridized carbons (Fsp3) is 0.462. The first kappa shape index (κ1) is 16.6. The van der Waals surface area contributed by atoms with E-state index in [1.807, 2.05) is 7.05 Å². The topological polar surface area (TPSA) is 89.7 Å². The van der Waals surface area contributed by atoms with Gasteiger partial charge < -0.3 is 9.64 Å². The lowest BCUT2D eigenvalue weighted by molar-refractivity contribution is 0.0491. The minimum Gasteiger partial charge on any atom is -0.462 e. The van der Waals surface area contributed by atoms with Crippen LogP contribution in [-0.4, -0.2) is 46.0 Å². The molecule has 0 bridgehead atoms. The smallest absolute Gasteiger partial charge is 0.338 e. The van der Waals surface area contributed by atoms with E-state index < -0.39 is 16.0 Å². The van der Waals surface area contributed by atoms with E-state index >= 15 is 0 Å². The fourth-order valence-corrected chi connectivity index (χ4v) is 2.04. The number of benzene rings is 1. The molecule has 0 fully saturated rings. The van der Waals surface area contributed by atoms with Crippen LogP contribution in [0, 0.1) is 0 Å². The predicted octanol–water partition coefficient (Wildman–Crippen LogP) is 0.833. The van der Waals surface area contributed by atoms with Crippen molar-refractivity contribution in [3.8, 4) is 0 Å². The van der Waals surface area contributed by atoms with Crippen molar-refractivity contribution in [1.82, 2.24) is 4.90 Å². The van der Waals surface area contributed by atoms with Crippen LogP contribution in [0.1, 0.15) is 23.7 Å². The summed E-state index contributed by atoms with van der Waals surface area (Å²) in [6.07, 6.45) is 0.755. The molecule has 0 aliphatic carbocycles. The van der Waals surface area contributed by atoms with Crippen LogP contribution in [0.15, 0.2) is 29.2 Å². The Hall–Kier alpha value is -1.44. The summed E-state index contributed by atoms with van der Waals surface area (Å²) in [5.74, 6) is -0.467. The average Bonchev–Trinajstić information content (AvgIpc) is 2.42. The summed E-state index contributed by atoms with van der Waals surface area (Å²) in [4.78, 5) is 13.8. The molecule has 20 heavy (non-hydrogen) atoms. The maximum absolute atomic E-state index is 11.7. The van der Waals surface area contributed by atoms with Gasteiger partial charge >= 0.3 is 5.97 Å². The zero-order valence-electron chi connectivity index (χ0n) is 11.7. The molecule has 0 aromatic heterocycles. The monoisotopic (exact) mass is 300 g/mol. The molecular weight excluding hydrogens is 280 g/mol. The Morgan fingerprint density at radius 3 is 2.40 bits per heavy atom. The molecule has 0 heterocycles. The Morgan fingerprint density at radius 1 is 1.30 bits per heavy atom. The molecule has 0 spiro atoms. The van der Waals surface area contributed by atoms with Crippen molar-refractivity contribution in [1.29, 1.82) is 0 Å². The van der Waals surface area contributed by atoms with Gasteiger partial charge in [0.25, 0.3) is 0 Å². The van der Waals surface area contributed by atoms with Gasteiger partial charge in [0, 0.05) is 6.54 Å². The Labute approximate surface area is 119 Å². The summed E-state index contributed by atoms with van der Waals surface area (Å²) in [5.41, 5.74) is 0.307. The first-order chi connectivity index (χ1) is 9.34. The quantitative estimate of drug-likeness (QED) is 0.595.